The predicted octanol–water partition coefficient (Wildman–Crippen LogP) is 5.84. The molecule has 0 saturated carbocycles. The summed E-state index contributed by atoms with van der Waals surface area (Å²) < 4.78 is 66.3. The number of likely N-dealkylation sites (tertiary alicyclic amines) is 1. The van der Waals surface area contributed by atoms with Crippen molar-refractivity contribution in [3.8, 4) is 23.3 Å². The Morgan fingerprint density at radius 3 is 2.85 bits per heavy atom. The highest BCUT2D eigenvalue weighted by molar-refractivity contribution is 7.23. The van der Waals surface area contributed by atoms with Crippen molar-refractivity contribution in [2.75, 3.05) is 43.4 Å². The number of anilines is 2. The van der Waals surface area contributed by atoms with Crippen LogP contribution in [0, 0.1) is 28.4 Å². The van der Waals surface area contributed by atoms with Crippen LogP contribution in [0.1, 0.15) is 56.7 Å². The van der Waals surface area contributed by atoms with Gasteiger partial charge < -0.3 is 20.3 Å². The lowest BCUT2D eigenvalue weighted by atomic mass is 9.95. The maximum Gasteiger partial charge on any atom is 0.322 e. The zero-order valence-electron chi connectivity index (χ0n) is 29.3. The average molecular weight is 764 g/mol. The van der Waals surface area contributed by atoms with Gasteiger partial charge in [0.05, 0.1) is 39.0 Å². The van der Waals surface area contributed by atoms with Gasteiger partial charge in [0.15, 0.2) is 5.82 Å². The Kier molecular flexibility index (Phi) is 9.25. The molecule has 2 amide bonds. The monoisotopic (exact) mass is 763 g/mol. The first-order valence-corrected chi connectivity index (χ1v) is 18.7. The van der Waals surface area contributed by atoms with Gasteiger partial charge >= 0.3 is 18.1 Å². The van der Waals surface area contributed by atoms with Crippen molar-refractivity contribution in [3.05, 3.63) is 35.0 Å². The number of nitriles is 1. The zero-order valence-corrected chi connectivity index (χ0v) is 30.2. The number of pyridine rings is 1. The summed E-state index contributed by atoms with van der Waals surface area (Å²) in [5, 5.41) is 19.9. The van der Waals surface area contributed by atoms with Gasteiger partial charge in [-0.15, -0.1) is 11.3 Å². The smallest absolute Gasteiger partial charge is 0.322 e. The highest BCUT2D eigenvalue weighted by atomic mass is 32.1. The van der Waals surface area contributed by atoms with E-state index in [-0.39, 0.29) is 62.1 Å². The lowest BCUT2D eigenvalue weighted by molar-refractivity contribution is 0.107. The number of fused-ring (bicyclic) bond motifs is 2. The van der Waals surface area contributed by atoms with Crippen LogP contribution in [0.4, 0.5) is 33.2 Å². The number of halogens is 4. The largest absolute Gasteiger partial charge is 0.461 e. The molecule has 7 heterocycles. The third-order valence-electron chi connectivity index (χ3n) is 11.3. The number of carbonyl (C=O) groups excluding carboxylic acids is 1. The van der Waals surface area contributed by atoms with E-state index in [4.69, 9.17) is 25.8 Å². The van der Waals surface area contributed by atoms with Gasteiger partial charge in [-0.05, 0) is 64.1 Å². The molecule has 4 aliphatic rings. The van der Waals surface area contributed by atoms with Crippen LogP contribution in [0.25, 0.3) is 32.2 Å². The predicted molar refractivity (Wildman–Crippen MR) is 196 cm³/mol. The first-order chi connectivity index (χ1) is 26.0. The third-order valence-corrected chi connectivity index (χ3v) is 12.3. The summed E-state index contributed by atoms with van der Waals surface area (Å²) in [7, 11) is 0. The minimum Gasteiger partial charge on any atom is -0.461 e. The van der Waals surface area contributed by atoms with Crippen molar-refractivity contribution in [3.63, 3.8) is 0 Å². The number of carbonyl (C=O) groups is 1. The summed E-state index contributed by atoms with van der Waals surface area (Å²) in [5.41, 5.74) is 6.15. The molecule has 4 aliphatic heterocycles. The zero-order chi connectivity index (χ0) is 37.9. The standard InChI is InChI=1S/C36H37F4N11O2S/c1-18-24(8-12-50(18)35(52)45-17-44-33(40)43)51-11-3-2-5-23-26-29(47-34(48-32(26)51)53-16-36-9-4-10-49(36)15-19(37)13-36)27(39)28(46-23)20-6-7-22(38)30-25(20)21(14-41)31(42)54-30/h6-7,17-19,24H,2-5,8-13,15-16,42H2,1H3,(H2,43,44,45,52)/t18-,19-,24-,36+/m1/s1. The lowest BCUT2D eigenvalue weighted by Gasteiger charge is -2.36. The fourth-order valence-corrected chi connectivity index (χ4v) is 9.79. The second kappa shape index (κ2) is 13.9. The SMILES string of the molecule is C[C@@H]1[C@H](N2CCCCc3nc(-c4ccc(F)c5sc(N)c(C#N)c45)c(F)c4nc(OC[C@@]56CCCN5C[C@H](F)C6)nc2c34)CCN1C(=O)N/C=N\C(=N)F. The van der Waals surface area contributed by atoms with Gasteiger partial charge in [-0.1, -0.05) is 0 Å². The van der Waals surface area contributed by atoms with Crippen LogP contribution < -0.4 is 20.7 Å². The number of benzene rings is 1. The highest BCUT2D eigenvalue weighted by Gasteiger charge is 2.49. The van der Waals surface area contributed by atoms with Crippen LogP contribution in [-0.2, 0) is 6.42 Å². The van der Waals surface area contributed by atoms with Crippen molar-refractivity contribution < 1.29 is 27.1 Å². The number of aryl methyl sites for hydroxylation is 1. The minimum absolute atomic E-state index is 0.0354. The van der Waals surface area contributed by atoms with E-state index in [0.29, 0.717) is 68.6 Å². The van der Waals surface area contributed by atoms with Crippen LogP contribution >= 0.6 is 11.3 Å². The molecular weight excluding hydrogens is 727 g/mol. The number of ether oxygens (including phenoxy) is 1. The molecule has 3 aromatic heterocycles. The molecule has 0 bridgehead atoms. The van der Waals surface area contributed by atoms with Crippen molar-refractivity contribution in [2.45, 2.75) is 75.7 Å². The Balaban J connectivity index is 1.27. The van der Waals surface area contributed by atoms with Gasteiger partial charge in [-0.25, -0.2) is 22.9 Å². The number of amides is 2. The van der Waals surface area contributed by atoms with Crippen LogP contribution in [0.5, 0.6) is 6.01 Å². The Morgan fingerprint density at radius 1 is 1.22 bits per heavy atom. The maximum absolute atomic E-state index is 17.3. The number of nitrogens with one attached hydrogen (secondary N) is 2. The van der Waals surface area contributed by atoms with E-state index in [1.54, 1.807) is 4.90 Å². The first-order valence-electron chi connectivity index (χ1n) is 17.9. The molecule has 0 spiro atoms. The fourth-order valence-electron chi connectivity index (χ4n) is 8.84. The molecule has 282 valence electrons. The summed E-state index contributed by atoms with van der Waals surface area (Å²) in [5.74, 6) is -1.02. The summed E-state index contributed by atoms with van der Waals surface area (Å²) in [4.78, 5) is 36.4. The lowest BCUT2D eigenvalue weighted by Crippen LogP contribution is -2.49. The normalized spacial score (nSPS) is 24.3. The molecule has 1 aromatic carbocycles. The molecule has 0 unspecified atom stereocenters. The first kappa shape index (κ1) is 35.9. The number of aliphatic imine (C=N–C) groups is 1. The van der Waals surface area contributed by atoms with Gasteiger partial charge in [0.25, 0.3) is 0 Å². The Labute approximate surface area is 311 Å². The molecule has 8 rings (SSSR count). The Hall–Kier alpha value is -5.15. The number of nitrogen functional groups attached to an aromatic ring is 1. The van der Waals surface area contributed by atoms with E-state index in [1.807, 2.05) is 17.9 Å². The number of nitrogens with two attached hydrogens (primary N) is 1. The second-order valence-electron chi connectivity index (χ2n) is 14.3. The van der Waals surface area contributed by atoms with Gasteiger partial charge in [0, 0.05) is 37.0 Å². The number of nitrogens with zero attached hydrogens (tertiary/aromatic N) is 8. The molecule has 18 heteroatoms. The fraction of sp³-hybridized carbons (Fsp3) is 0.472. The van der Waals surface area contributed by atoms with E-state index in [2.05, 4.69) is 20.2 Å². The molecule has 3 fully saturated rings. The molecule has 0 aliphatic carbocycles. The van der Waals surface area contributed by atoms with Crippen LogP contribution in [0.3, 0.4) is 0 Å². The van der Waals surface area contributed by atoms with Crippen molar-refractivity contribution >= 4 is 61.6 Å². The number of hydrogen-bond acceptors (Lipinski definition) is 11. The topological polar surface area (TPSA) is 173 Å². The van der Waals surface area contributed by atoms with Crippen molar-refractivity contribution in [2.24, 2.45) is 4.99 Å². The molecule has 3 saturated heterocycles. The van der Waals surface area contributed by atoms with Crippen LogP contribution in [-0.4, -0.2) is 99.8 Å². The molecule has 4 aromatic rings. The van der Waals surface area contributed by atoms with Crippen LogP contribution in [0.15, 0.2) is 17.1 Å². The van der Waals surface area contributed by atoms with E-state index in [1.165, 1.54) is 12.1 Å². The Morgan fingerprint density at radius 2 is 2.06 bits per heavy atom. The molecule has 4 N–H and O–H groups in total. The number of rotatable bonds is 6. The van der Waals surface area contributed by atoms with E-state index >= 15 is 8.78 Å². The third kappa shape index (κ3) is 6.03. The second-order valence-corrected chi connectivity index (χ2v) is 15.4. The summed E-state index contributed by atoms with van der Waals surface area (Å²) >= 11 is 0.910. The van der Waals surface area contributed by atoms with Crippen molar-refractivity contribution in [1.29, 1.82) is 10.7 Å². The highest BCUT2D eigenvalue weighted by Crippen LogP contribution is 2.45. The molecule has 0 radical (unpaired) electrons. The number of alkyl halides is 1. The molecule has 54 heavy (non-hydrogen) atoms. The van der Waals surface area contributed by atoms with Gasteiger partial charge in [0.2, 0.25) is 0 Å². The van der Waals surface area contributed by atoms with Crippen LogP contribution in [0.2, 0.25) is 0 Å². The quantitative estimate of drug-likeness (QED) is 0.0944. The van der Waals surface area contributed by atoms with Crippen molar-refractivity contribution in [1.82, 2.24) is 30.1 Å². The van der Waals surface area contributed by atoms with E-state index < -0.39 is 35.5 Å². The average Bonchev–Trinajstić information content (AvgIpc) is 3.88. The van der Waals surface area contributed by atoms with Gasteiger partial charge in [-0.2, -0.15) is 24.6 Å². The number of hydrogen-bond donors (Lipinski definition) is 3. The Bertz CT molecular complexity index is 2260. The van der Waals surface area contributed by atoms with E-state index in [9.17, 15) is 18.8 Å². The molecule has 13 nitrogen and oxygen atoms in total. The summed E-state index contributed by atoms with van der Waals surface area (Å²) in [6.45, 7) is 3.92. The van der Waals surface area contributed by atoms with Gasteiger partial charge in [-0.3, -0.25) is 15.6 Å². The number of urea groups is 1. The van der Waals surface area contributed by atoms with E-state index in [0.717, 1.165) is 37.1 Å². The molecule has 4 atom stereocenters. The summed E-state index contributed by atoms with van der Waals surface area (Å²) in [6.07, 6.45) is 2.71. The van der Waals surface area contributed by atoms with Gasteiger partial charge in [0.1, 0.15) is 53.0 Å². The maximum atomic E-state index is 17.3. The number of thiophene rings is 1. The number of amidine groups is 1. The molecular formula is C36H37F4N11O2S. The number of aromatic nitrogens is 3. The minimum atomic E-state index is -1.44. The summed E-state index contributed by atoms with van der Waals surface area (Å²) in [6, 6.07) is 3.35.